The van der Waals surface area contributed by atoms with Crippen molar-refractivity contribution in [3.63, 3.8) is 0 Å². The predicted octanol–water partition coefficient (Wildman–Crippen LogP) is 1.36. The van der Waals surface area contributed by atoms with Gasteiger partial charge < -0.3 is 10.4 Å². The number of alkyl halides is 3. The third-order valence-corrected chi connectivity index (χ3v) is 2.63. The summed E-state index contributed by atoms with van der Waals surface area (Å²) in [6.07, 6.45) is -3.21. The molecule has 15 heavy (non-hydrogen) atoms. The van der Waals surface area contributed by atoms with Crippen molar-refractivity contribution >= 4 is 5.91 Å². The summed E-state index contributed by atoms with van der Waals surface area (Å²) in [5.74, 6) is -1.06. The van der Waals surface area contributed by atoms with Gasteiger partial charge in [-0.1, -0.05) is 12.8 Å². The second-order valence-corrected chi connectivity index (χ2v) is 3.99. The first-order valence-corrected chi connectivity index (χ1v) is 4.86. The highest BCUT2D eigenvalue weighted by Crippen LogP contribution is 2.30. The summed E-state index contributed by atoms with van der Waals surface area (Å²) in [5, 5.41) is 11.4. The summed E-state index contributed by atoms with van der Waals surface area (Å²) < 4.78 is 35.7. The molecular formula is C9H14F3NO2. The summed E-state index contributed by atoms with van der Waals surface area (Å²) in [6, 6.07) is 0. The van der Waals surface area contributed by atoms with E-state index in [2.05, 4.69) is 5.32 Å². The van der Waals surface area contributed by atoms with Crippen LogP contribution in [0.2, 0.25) is 0 Å². The van der Waals surface area contributed by atoms with Crippen LogP contribution in [0.5, 0.6) is 0 Å². The van der Waals surface area contributed by atoms with Gasteiger partial charge in [0, 0.05) is 0 Å². The zero-order chi connectivity index (χ0) is 11.5. The van der Waals surface area contributed by atoms with Gasteiger partial charge in [-0.2, -0.15) is 13.2 Å². The van der Waals surface area contributed by atoms with Crippen LogP contribution in [0.3, 0.4) is 0 Å². The lowest BCUT2D eigenvalue weighted by Crippen LogP contribution is -2.50. The van der Waals surface area contributed by atoms with Crippen LogP contribution in [0.1, 0.15) is 32.1 Å². The Kier molecular flexibility index (Phi) is 3.59. The average Bonchev–Trinajstić information content (AvgIpc) is 2.50. The molecule has 0 aliphatic heterocycles. The molecule has 1 fully saturated rings. The van der Waals surface area contributed by atoms with Crippen LogP contribution < -0.4 is 5.32 Å². The monoisotopic (exact) mass is 225 g/mol. The van der Waals surface area contributed by atoms with Crippen molar-refractivity contribution in [3.8, 4) is 0 Å². The van der Waals surface area contributed by atoms with Gasteiger partial charge in [0.2, 0.25) is 5.91 Å². The Labute approximate surface area is 85.7 Å². The van der Waals surface area contributed by atoms with E-state index in [9.17, 15) is 18.0 Å². The smallest absolute Gasteiger partial charge is 0.394 e. The minimum atomic E-state index is -4.49. The molecule has 0 saturated heterocycles. The lowest BCUT2D eigenvalue weighted by molar-refractivity contribution is -0.155. The third kappa shape index (κ3) is 3.70. The largest absolute Gasteiger partial charge is 0.397 e. The quantitative estimate of drug-likeness (QED) is 0.762. The van der Waals surface area contributed by atoms with Crippen molar-refractivity contribution < 1.29 is 23.1 Å². The number of carbonyl (C=O) groups excluding carboxylic acids is 1. The zero-order valence-electron chi connectivity index (χ0n) is 8.23. The molecule has 0 spiro atoms. The number of carbonyl (C=O) groups is 1. The molecule has 3 nitrogen and oxygen atoms in total. The van der Waals surface area contributed by atoms with Gasteiger partial charge in [-0.05, 0) is 12.8 Å². The molecule has 1 rings (SSSR count). The highest BCUT2D eigenvalue weighted by Gasteiger charge is 2.38. The molecule has 1 amide bonds. The van der Waals surface area contributed by atoms with E-state index >= 15 is 0 Å². The summed E-state index contributed by atoms with van der Waals surface area (Å²) >= 11 is 0. The molecule has 88 valence electrons. The molecule has 0 radical (unpaired) electrons. The normalized spacial score (nSPS) is 20.3. The number of nitrogens with one attached hydrogen (secondary N) is 1. The van der Waals surface area contributed by atoms with Gasteiger partial charge in [-0.15, -0.1) is 0 Å². The van der Waals surface area contributed by atoms with Crippen LogP contribution in [-0.4, -0.2) is 29.3 Å². The van der Waals surface area contributed by atoms with Gasteiger partial charge in [0.15, 0.2) is 0 Å². The van der Waals surface area contributed by atoms with E-state index < -0.39 is 24.0 Å². The van der Waals surface area contributed by atoms with E-state index in [0.717, 1.165) is 12.8 Å². The van der Waals surface area contributed by atoms with Gasteiger partial charge in [0.05, 0.1) is 12.1 Å². The van der Waals surface area contributed by atoms with Gasteiger partial charge in [-0.3, -0.25) is 4.79 Å². The number of aliphatic hydroxyl groups is 1. The van der Waals surface area contributed by atoms with E-state index in [4.69, 9.17) is 5.11 Å². The summed E-state index contributed by atoms with van der Waals surface area (Å²) in [6.45, 7) is -0.295. The molecule has 0 aromatic heterocycles. The number of rotatable bonds is 3. The second-order valence-electron chi connectivity index (χ2n) is 3.99. The van der Waals surface area contributed by atoms with Gasteiger partial charge >= 0.3 is 6.18 Å². The molecule has 1 saturated carbocycles. The van der Waals surface area contributed by atoms with E-state index in [-0.39, 0.29) is 6.61 Å². The Bertz CT molecular complexity index is 234. The molecule has 6 heteroatoms. The lowest BCUT2D eigenvalue weighted by atomic mass is 9.99. The fourth-order valence-corrected chi connectivity index (χ4v) is 1.90. The van der Waals surface area contributed by atoms with Gasteiger partial charge in [0.1, 0.15) is 6.42 Å². The Balaban J connectivity index is 2.49. The maximum Gasteiger partial charge on any atom is 0.397 e. The minimum absolute atomic E-state index is 0.295. The van der Waals surface area contributed by atoms with Crippen molar-refractivity contribution in [1.29, 1.82) is 0 Å². The van der Waals surface area contributed by atoms with E-state index in [1.807, 2.05) is 0 Å². The summed E-state index contributed by atoms with van der Waals surface area (Å²) in [4.78, 5) is 11.0. The highest BCUT2D eigenvalue weighted by molar-refractivity contribution is 5.77. The Morgan fingerprint density at radius 3 is 2.27 bits per heavy atom. The van der Waals surface area contributed by atoms with Gasteiger partial charge in [-0.25, -0.2) is 0 Å². The molecule has 1 aliphatic carbocycles. The first-order chi connectivity index (χ1) is 6.87. The minimum Gasteiger partial charge on any atom is -0.394 e. The van der Waals surface area contributed by atoms with Crippen LogP contribution in [0, 0.1) is 0 Å². The summed E-state index contributed by atoms with van der Waals surface area (Å²) in [5.41, 5.74) is -0.817. The van der Waals surface area contributed by atoms with Crippen molar-refractivity contribution in [2.24, 2.45) is 0 Å². The number of hydrogen-bond acceptors (Lipinski definition) is 2. The van der Waals surface area contributed by atoms with Crippen LogP contribution in [0.4, 0.5) is 13.2 Å². The molecule has 0 bridgehead atoms. The topological polar surface area (TPSA) is 49.3 Å². The molecule has 0 heterocycles. The average molecular weight is 225 g/mol. The molecule has 0 atom stereocenters. The maximum atomic E-state index is 11.9. The van der Waals surface area contributed by atoms with Gasteiger partial charge in [0.25, 0.3) is 0 Å². The van der Waals surface area contributed by atoms with Crippen molar-refractivity contribution in [2.75, 3.05) is 6.61 Å². The molecule has 0 unspecified atom stereocenters. The first kappa shape index (κ1) is 12.3. The van der Waals surface area contributed by atoms with Crippen molar-refractivity contribution in [2.45, 2.75) is 43.8 Å². The number of halogens is 3. The van der Waals surface area contributed by atoms with Crippen LogP contribution in [0.15, 0.2) is 0 Å². The number of amides is 1. The van der Waals surface area contributed by atoms with Crippen molar-refractivity contribution in [3.05, 3.63) is 0 Å². The molecule has 1 aliphatic rings. The van der Waals surface area contributed by atoms with Crippen LogP contribution in [-0.2, 0) is 4.79 Å². The standard InChI is InChI=1S/C9H14F3NO2/c10-9(11,12)5-7(15)13-8(6-14)3-1-2-4-8/h14H,1-6H2,(H,13,15). The summed E-state index contributed by atoms with van der Waals surface area (Å²) in [7, 11) is 0. The SMILES string of the molecule is O=C(CC(F)(F)F)NC1(CO)CCCC1. The first-order valence-electron chi connectivity index (χ1n) is 4.86. The molecule has 2 N–H and O–H groups in total. The Morgan fingerprint density at radius 2 is 1.87 bits per heavy atom. The zero-order valence-corrected chi connectivity index (χ0v) is 8.23. The molecule has 0 aromatic rings. The Morgan fingerprint density at radius 1 is 1.33 bits per heavy atom. The lowest BCUT2D eigenvalue weighted by Gasteiger charge is -2.28. The maximum absolute atomic E-state index is 11.9. The van der Waals surface area contributed by atoms with E-state index in [0.29, 0.717) is 12.8 Å². The van der Waals surface area contributed by atoms with Crippen LogP contribution in [0.25, 0.3) is 0 Å². The second kappa shape index (κ2) is 4.38. The molecule has 0 aromatic carbocycles. The van der Waals surface area contributed by atoms with Crippen molar-refractivity contribution in [1.82, 2.24) is 5.32 Å². The van der Waals surface area contributed by atoms with E-state index in [1.54, 1.807) is 0 Å². The fourth-order valence-electron chi connectivity index (χ4n) is 1.90. The third-order valence-electron chi connectivity index (χ3n) is 2.63. The fraction of sp³-hybridized carbons (Fsp3) is 0.889. The Hall–Kier alpha value is -0.780. The van der Waals surface area contributed by atoms with Crippen LogP contribution >= 0.6 is 0 Å². The molecular weight excluding hydrogens is 211 g/mol. The van der Waals surface area contributed by atoms with E-state index in [1.165, 1.54) is 0 Å². The predicted molar refractivity (Wildman–Crippen MR) is 47.1 cm³/mol. The highest BCUT2D eigenvalue weighted by atomic mass is 19.4. The number of aliphatic hydroxyl groups excluding tert-OH is 1. The number of hydrogen-bond donors (Lipinski definition) is 2.